The molecule has 1 spiro atoms. The first-order valence-electron chi connectivity index (χ1n) is 8.91. The Labute approximate surface area is 149 Å². The van der Waals surface area contributed by atoms with Crippen molar-refractivity contribution in [2.45, 2.75) is 42.3 Å². The zero-order valence-electron chi connectivity index (χ0n) is 14.5. The molecule has 1 atom stereocenters. The SMILES string of the molecule is COc1ccc(S(=O)(=O)N2CC3(CC(OCC4CC4)CCO3)C2)cc1. The van der Waals surface area contributed by atoms with E-state index in [0.29, 0.717) is 30.3 Å². The highest BCUT2D eigenvalue weighted by molar-refractivity contribution is 7.89. The van der Waals surface area contributed by atoms with E-state index in [1.165, 1.54) is 17.1 Å². The van der Waals surface area contributed by atoms with Gasteiger partial charge in [0.15, 0.2) is 0 Å². The maximum absolute atomic E-state index is 12.7. The Hall–Kier alpha value is -1.15. The summed E-state index contributed by atoms with van der Waals surface area (Å²) in [5, 5.41) is 0. The minimum atomic E-state index is -3.48. The van der Waals surface area contributed by atoms with Gasteiger partial charge in [-0.3, -0.25) is 0 Å². The predicted molar refractivity (Wildman–Crippen MR) is 92.1 cm³/mol. The van der Waals surface area contributed by atoms with E-state index >= 15 is 0 Å². The lowest BCUT2D eigenvalue weighted by molar-refractivity contribution is -0.179. The first-order chi connectivity index (χ1) is 12.0. The molecule has 6 nitrogen and oxygen atoms in total. The van der Waals surface area contributed by atoms with E-state index < -0.39 is 10.0 Å². The zero-order chi connectivity index (χ0) is 17.5. The molecule has 1 aromatic carbocycles. The molecule has 0 radical (unpaired) electrons. The quantitative estimate of drug-likeness (QED) is 0.770. The first kappa shape index (κ1) is 17.3. The van der Waals surface area contributed by atoms with Crippen molar-refractivity contribution in [3.63, 3.8) is 0 Å². The van der Waals surface area contributed by atoms with Crippen LogP contribution in [-0.4, -0.2) is 57.8 Å². The highest BCUT2D eigenvalue weighted by Crippen LogP contribution is 2.39. The minimum absolute atomic E-state index is 0.195. The third-order valence-electron chi connectivity index (χ3n) is 5.34. The van der Waals surface area contributed by atoms with E-state index in [2.05, 4.69) is 0 Å². The number of sulfonamides is 1. The summed E-state index contributed by atoms with van der Waals surface area (Å²) in [6, 6.07) is 6.51. The summed E-state index contributed by atoms with van der Waals surface area (Å²) in [5.41, 5.74) is -0.369. The largest absolute Gasteiger partial charge is 0.497 e. The van der Waals surface area contributed by atoms with Crippen molar-refractivity contribution in [2.75, 3.05) is 33.4 Å². The molecule has 0 amide bonds. The van der Waals surface area contributed by atoms with Gasteiger partial charge in [-0.2, -0.15) is 4.31 Å². The molecule has 0 aromatic heterocycles. The van der Waals surface area contributed by atoms with Gasteiger partial charge in [0, 0.05) is 32.7 Å². The van der Waals surface area contributed by atoms with Gasteiger partial charge in [0.25, 0.3) is 0 Å². The van der Waals surface area contributed by atoms with Crippen LogP contribution in [0.15, 0.2) is 29.2 Å². The van der Waals surface area contributed by atoms with Gasteiger partial charge in [0.1, 0.15) is 5.75 Å². The molecule has 0 bridgehead atoms. The van der Waals surface area contributed by atoms with E-state index in [1.807, 2.05) is 0 Å². The maximum Gasteiger partial charge on any atom is 0.243 e. The molecular weight excluding hydrogens is 342 g/mol. The Morgan fingerprint density at radius 1 is 1.20 bits per heavy atom. The maximum atomic E-state index is 12.7. The standard InChI is InChI=1S/C18H25NO5S/c1-22-15-4-6-17(7-5-15)25(20,21)19-12-18(13-19)10-16(8-9-24-18)23-11-14-2-3-14/h4-7,14,16H,2-3,8-13H2,1H3. The van der Waals surface area contributed by atoms with Gasteiger partial charge in [-0.1, -0.05) is 0 Å². The van der Waals surface area contributed by atoms with Crippen molar-refractivity contribution in [3.8, 4) is 5.75 Å². The fraction of sp³-hybridized carbons (Fsp3) is 0.667. The number of methoxy groups -OCH3 is 1. The van der Waals surface area contributed by atoms with Crippen LogP contribution in [-0.2, 0) is 19.5 Å². The van der Waals surface area contributed by atoms with Crippen LogP contribution in [0.25, 0.3) is 0 Å². The number of hydrogen-bond acceptors (Lipinski definition) is 5. The van der Waals surface area contributed by atoms with Gasteiger partial charge >= 0.3 is 0 Å². The zero-order valence-corrected chi connectivity index (χ0v) is 15.3. The molecule has 1 aliphatic carbocycles. The van der Waals surface area contributed by atoms with Gasteiger partial charge in [0.2, 0.25) is 10.0 Å². The Morgan fingerprint density at radius 2 is 1.92 bits per heavy atom. The normalized spacial score (nSPS) is 26.4. The molecule has 1 unspecified atom stereocenters. The molecule has 2 saturated heterocycles. The summed E-state index contributed by atoms with van der Waals surface area (Å²) in [5.74, 6) is 1.39. The summed E-state index contributed by atoms with van der Waals surface area (Å²) in [6.07, 6.45) is 4.44. The number of hydrogen-bond donors (Lipinski definition) is 0. The topological polar surface area (TPSA) is 65.1 Å². The third kappa shape index (κ3) is 3.56. The van der Waals surface area contributed by atoms with Crippen LogP contribution >= 0.6 is 0 Å². The van der Waals surface area contributed by atoms with Crippen molar-refractivity contribution in [1.82, 2.24) is 4.31 Å². The highest BCUT2D eigenvalue weighted by Gasteiger charge is 2.52. The van der Waals surface area contributed by atoms with Crippen LogP contribution in [0.1, 0.15) is 25.7 Å². The predicted octanol–water partition coefficient (Wildman–Crippen LogP) is 2.04. The number of nitrogens with zero attached hydrogens (tertiary/aromatic N) is 1. The monoisotopic (exact) mass is 367 g/mol. The van der Waals surface area contributed by atoms with Gasteiger partial charge in [-0.25, -0.2) is 8.42 Å². The fourth-order valence-electron chi connectivity index (χ4n) is 3.57. The Balaban J connectivity index is 1.37. The van der Waals surface area contributed by atoms with E-state index in [9.17, 15) is 8.42 Å². The van der Waals surface area contributed by atoms with Crippen molar-refractivity contribution >= 4 is 10.0 Å². The van der Waals surface area contributed by atoms with Crippen LogP contribution in [0.2, 0.25) is 0 Å². The molecular formula is C18H25NO5S. The first-order valence-corrected chi connectivity index (χ1v) is 10.3. The molecule has 138 valence electrons. The highest BCUT2D eigenvalue weighted by atomic mass is 32.2. The number of ether oxygens (including phenoxy) is 3. The lowest BCUT2D eigenvalue weighted by Gasteiger charge is -2.52. The van der Waals surface area contributed by atoms with E-state index in [0.717, 1.165) is 25.4 Å². The van der Waals surface area contributed by atoms with Crippen LogP contribution < -0.4 is 4.74 Å². The Bertz CT molecular complexity index is 707. The van der Waals surface area contributed by atoms with E-state index in [-0.39, 0.29) is 11.7 Å². The molecule has 2 aliphatic heterocycles. The van der Waals surface area contributed by atoms with Crippen LogP contribution in [0.4, 0.5) is 0 Å². The second kappa shape index (κ2) is 6.54. The molecule has 1 saturated carbocycles. The summed E-state index contributed by atoms with van der Waals surface area (Å²) < 4.78 is 44.0. The second-order valence-electron chi connectivity index (χ2n) is 7.37. The van der Waals surface area contributed by atoms with Crippen molar-refractivity contribution < 1.29 is 22.6 Å². The van der Waals surface area contributed by atoms with E-state index in [4.69, 9.17) is 14.2 Å². The number of benzene rings is 1. The van der Waals surface area contributed by atoms with Crippen molar-refractivity contribution in [2.24, 2.45) is 5.92 Å². The number of rotatable bonds is 6. The summed E-state index contributed by atoms with van der Waals surface area (Å²) >= 11 is 0. The smallest absolute Gasteiger partial charge is 0.243 e. The van der Waals surface area contributed by atoms with Crippen molar-refractivity contribution in [1.29, 1.82) is 0 Å². The molecule has 0 N–H and O–H groups in total. The second-order valence-corrected chi connectivity index (χ2v) is 9.31. The van der Waals surface area contributed by atoms with Gasteiger partial charge < -0.3 is 14.2 Å². The molecule has 3 aliphatic rings. The summed E-state index contributed by atoms with van der Waals surface area (Å²) in [4.78, 5) is 0.292. The van der Waals surface area contributed by atoms with Crippen LogP contribution in [0, 0.1) is 5.92 Å². The van der Waals surface area contributed by atoms with E-state index in [1.54, 1.807) is 31.4 Å². The lowest BCUT2D eigenvalue weighted by atomic mass is 9.86. The van der Waals surface area contributed by atoms with Crippen LogP contribution in [0.3, 0.4) is 0 Å². The molecule has 1 aromatic rings. The fourth-order valence-corrected chi connectivity index (χ4v) is 5.15. The summed E-state index contributed by atoms with van der Waals surface area (Å²) in [7, 11) is -1.92. The summed E-state index contributed by atoms with van der Waals surface area (Å²) in [6.45, 7) is 2.30. The average molecular weight is 367 g/mol. The molecule has 3 fully saturated rings. The molecule has 4 rings (SSSR count). The lowest BCUT2D eigenvalue weighted by Crippen LogP contribution is -2.67. The molecule has 7 heteroatoms. The van der Waals surface area contributed by atoms with Gasteiger partial charge in [-0.15, -0.1) is 0 Å². The molecule has 25 heavy (non-hydrogen) atoms. The molecule has 2 heterocycles. The Kier molecular flexibility index (Phi) is 4.52. The third-order valence-corrected chi connectivity index (χ3v) is 7.14. The minimum Gasteiger partial charge on any atom is -0.497 e. The van der Waals surface area contributed by atoms with Crippen LogP contribution in [0.5, 0.6) is 5.75 Å². The van der Waals surface area contributed by atoms with Gasteiger partial charge in [-0.05, 0) is 49.4 Å². The van der Waals surface area contributed by atoms with Gasteiger partial charge in [0.05, 0.1) is 23.7 Å². The van der Waals surface area contributed by atoms with Crippen molar-refractivity contribution in [3.05, 3.63) is 24.3 Å². The Morgan fingerprint density at radius 3 is 2.56 bits per heavy atom. The average Bonchev–Trinajstić information content (AvgIpc) is 3.42.